The van der Waals surface area contributed by atoms with Gasteiger partial charge in [-0.3, -0.25) is 19.4 Å². The average Bonchev–Trinajstić information content (AvgIpc) is 3.52. The number of nitrogens with one attached hydrogen (secondary N) is 1. The number of likely N-dealkylation sites (tertiary alicyclic amines) is 1. The Bertz CT molecular complexity index is 2030. The third-order valence-corrected chi connectivity index (χ3v) is 10.5. The van der Waals surface area contributed by atoms with Crippen LogP contribution in [-0.2, 0) is 29.1 Å². The minimum atomic E-state index is -4.82. The van der Waals surface area contributed by atoms with Crippen LogP contribution in [0.1, 0.15) is 50.4 Å². The summed E-state index contributed by atoms with van der Waals surface area (Å²) in [5.41, 5.74) is 0.864. The normalized spacial score (nSPS) is 16.8. The molecule has 0 radical (unpaired) electrons. The van der Waals surface area contributed by atoms with E-state index in [0.717, 1.165) is 49.9 Å². The molecule has 272 valence electrons. The van der Waals surface area contributed by atoms with Crippen LogP contribution in [0, 0.1) is 5.82 Å². The predicted octanol–water partition coefficient (Wildman–Crippen LogP) is 5.36. The van der Waals surface area contributed by atoms with Crippen molar-refractivity contribution in [2.75, 3.05) is 52.6 Å². The summed E-state index contributed by atoms with van der Waals surface area (Å²) in [7, 11) is -2.63. The molecule has 2 amide bonds. The molecule has 0 atom stereocenters. The number of alkyl halides is 3. The van der Waals surface area contributed by atoms with Gasteiger partial charge in [0.15, 0.2) is 27.2 Å². The first kappa shape index (κ1) is 36.3. The number of methoxy groups -OCH3 is 1. The number of halogens is 4. The second kappa shape index (κ2) is 14.6. The summed E-state index contributed by atoms with van der Waals surface area (Å²) in [6.45, 7) is 3.75. The number of amides is 2. The summed E-state index contributed by atoms with van der Waals surface area (Å²) in [5.74, 6) is -0.624. The van der Waals surface area contributed by atoms with Gasteiger partial charge in [-0.2, -0.15) is 13.2 Å². The summed E-state index contributed by atoms with van der Waals surface area (Å²) in [6.07, 6.45) is -2.62. The zero-order valence-electron chi connectivity index (χ0n) is 28.1. The number of piperidine rings is 1. The van der Waals surface area contributed by atoms with E-state index in [0.29, 0.717) is 54.8 Å². The second-order valence-corrected chi connectivity index (χ2v) is 15.0. The Hall–Kier alpha value is -4.47. The van der Waals surface area contributed by atoms with Crippen molar-refractivity contribution in [3.05, 3.63) is 94.5 Å². The number of hydrogen-bond acceptors (Lipinski definition) is 8. The first-order chi connectivity index (χ1) is 24.2. The molecular weight excluding hydrogens is 692 g/mol. The first-order valence-corrected chi connectivity index (χ1v) is 18.4. The van der Waals surface area contributed by atoms with Crippen LogP contribution >= 0.6 is 0 Å². The van der Waals surface area contributed by atoms with E-state index < -0.39 is 32.3 Å². The third-order valence-electron chi connectivity index (χ3n) is 9.35. The van der Waals surface area contributed by atoms with Crippen LogP contribution in [0.15, 0.2) is 70.0 Å². The smallest absolute Gasteiger partial charge is 0.417 e. The summed E-state index contributed by atoms with van der Waals surface area (Å²) < 4.78 is 89.5. The fraction of sp³-hybridized carbons (Fsp3) is 0.389. The highest BCUT2D eigenvalue weighted by atomic mass is 32.2. The number of hydrogen-bond donors (Lipinski definition) is 1. The van der Waals surface area contributed by atoms with Crippen LogP contribution < -0.4 is 10.1 Å². The van der Waals surface area contributed by atoms with Gasteiger partial charge < -0.3 is 19.4 Å². The van der Waals surface area contributed by atoms with E-state index in [1.54, 1.807) is 35.2 Å². The number of rotatable bonds is 9. The molecule has 4 aromatic rings. The molecule has 0 saturated carbocycles. The monoisotopic (exact) mass is 730 g/mol. The van der Waals surface area contributed by atoms with E-state index in [9.17, 15) is 35.6 Å². The molecule has 6 rings (SSSR count). The molecular formula is C36H38F4N4O6S. The van der Waals surface area contributed by atoms with Gasteiger partial charge in [0, 0.05) is 75.6 Å². The lowest BCUT2D eigenvalue weighted by Gasteiger charge is -2.35. The fourth-order valence-corrected chi connectivity index (χ4v) is 7.51. The molecule has 51 heavy (non-hydrogen) atoms. The Kier molecular flexibility index (Phi) is 10.4. The molecule has 0 aliphatic carbocycles. The van der Waals surface area contributed by atoms with Crippen molar-refractivity contribution in [1.82, 2.24) is 20.0 Å². The summed E-state index contributed by atoms with van der Waals surface area (Å²) in [5, 5.41) is 3.64. The third kappa shape index (κ3) is 8.54. The molecule has 0 bridgehead atoms. The van der Waals surface area contributed by atoms with Crippen LogP contribution in [0.3, 0.4) is 0 Å². The Balaban J connectivity index is 1.01. The second-order valence-electron chi connectivity index (χ2n) is 13.0. The Morgan fingerprint density at radius 3 is 2.16 bits per heavy atom. The van der Waals surface area contributed by atoms with Crippen molar-refractivity contribution in [3.8, 4) is 5.75 Å². The molecule has 1 N–H and O–H groups in total. The molecule has 0 spiro atoms. The topological polar surface area (TPSA) is 112 Å². The minimum Gasteiger partial charge on any atom is -0.494 e. The largest absolute Gasteiger partial charge is 0.494 e. The number of fused-ring (bicyclic) bond motifs is 1. The molecule has 1 aromatic heterocycles. The van der Waals surface area contributed by atoms with Crippen molar-refractivity contribution in [3.63, 3.8) is 0 Å². The van der Waals surface area contributed by atoms with E-state index in [2.05, 4.69) is 10.2 Å². The van der Waals surface area contributed by atoms with E-state index in [1.807, 2.05) is 11.0 Å². The highest BCUT2D eigenvalue weighted by molar-refractivity contribution is 7.90. The van der Waals surface area contributed by atoms with E-state index in [-0.39, 0.29) is 35.9 Å². The van der Waals surface area contributed by atoms with Crippen LogP contribution in [0.4, 0.5) is 17.6 Å². The van der Waals surface area contributed by atoms with Crippen LogP contribution in [-0.4, -0.2) is 93.6 Å². The van der Waals surface area contributed by atoms with Gasteiger partial charge in [-0.15, -0.1) is 0 Å². The number of furan rings is 1. The number of benzene rings is 3. The van der Waals surface area contributed by atoms with E-state index in [4.69, 9.17) is 9.15 Å². The molecule has 0 unspecified atom stereocenters. The SMILES string of the molecule is COc1ccc(CN2CCC(NC(=O)c3cc4cc(C(=O)N5CCN(Cc6ccc(S(C)(=O)=O)c(C(F)(F)F)c6)CC5)ccc4o3)CC2)cc1F. The maximum Gasteiger partial charge on any atom is 0.417 e. The van der Waals surface area contributed by atoms with E-state index >= 15 is 0 Å². The van der Waals surface area contributed by atoms with Gasteiger partial charge in [0.25, 0.3) is 11.8 Å². The standard InChI is InChI=1S/C36H38F4N4O6S/c1-49-31-6-3-24(18-29(31)37)22-42-11-9-27(10-12-42)41-34(45)32-20-26-19-25(5-7-30(26)50-32)35(46)44-15-13-43(14-16-44)21-23-4-8-33(51(2,47)48)28(17-23)36(38,39)40/h3-8,17-20,27H,9-16,21-22H2,1-2H3,(H,41,45). The maximum atomic E-state index is 14.1. The fourth-order valence-electron chi connectivity index (χ4n) is 6.62. The highest BCUT2D eigenvalue weighted by Gasteiger charge is 2.36. The molecule has 3 aromatic carbocycles. The van der Waals surface area contributed by atoms with Crippen molar-refractivity contribution in [2.45, 2.75) is 43.0 Å². The Morgan fingerprint density at radius 2 is 1.53 bits per heavy atom. The maximum absolute atomic E-state index is 14.1. The molecule has 2 aliphatic rings. The summed E-state index contributed by atoms with van der Waals surface area (Å²) in [6, 6.07) is 14.7. The van der Waals surface area contributed by atoms with Crippen molar-refractivity contribution in [1.29, 1.82) is 0 Å². The summed E-state index contributed by atoms with van der Waals surface area (Å²) in [4.78, 5) is 31.5. The quantitative estimate of drug-likeness (QED) is 0.230. The van der Waals surface area contributed by atoms with Gasteiger partial charge in [-0.25, -0.2) is 12.8 Å². The number of ether oxygens (including phenoxy) is 1. The van der Waals surface area contributed by atoms with Crippen LogP contribution in [0.5, 0.6) is 5.75 Å². The Labute approximate surface area is 292 Å². The molecule has 2 aliphatic heterocycles. The van der Waals surface area contributed by atoms with Crippen molar-refractivity contribution >= 4 is 32.6 Å². The van der Waals surface area contributed by atoms with Gasteiger partial charge in [0.2, 0.25) is 0 Å². The number of piperazine rings is 1. The minimum absolute atomic E-state index is 0.0519. The van der Waals surface area contributed by atoms with Crippen LogP contribution in [0.25, 0.3) is 11.0 Å². The number of carbonyl (C=O) groups is 2. The molecule has 2 fully saturated rings. The predicted molar refractivity (Wildman–Crippen MR) is 181 cm³/mol. The van der Waals surface area contributed by atoms with Gasteiger partial charge in [0.1, 0.15) is 5.58 Å². The van der Waals surface area contributed by atoms with E-state index in [1.165, 1.54) is 19.2 Å². The molecule has 2 saturated heterocycles. The lowest BCUT2D eigenvalue weighted by Crippen LogP contribution is -2.48. The van der Waals surface area contributed by atoms with Gasteiger partial charge in [-0.05, 0) is 72.5 Å². The highest BCUT2D eigenvalue weighted by Crippen LogP contribution is 2.35. The van der Waals surface area contributed by atoms with Crippen LogP contribution in [0.2, 0.25) is 0 Å². The van der Waals surface area contributed by atoms with Gasteiger partial charge >= 0.3 is 6.18 Å². The zero-order chi connectivity index (χ0) is 36.5. The lowest BCUT2D eigenvalue weighted by molar-refractivity contribution is -0.140. The summed E-state index contributed by atoms with van der Waals surface area (Å²) >= 11 is 0. The number of nitrogens with zero attached hydrogens (tertiary/aromatic N) is 3. The Morgan fingerprint density at radius 1 is 0.882 bits per heavy atom. The van der Waals surface area contributed by atoms with Crippen molar-refractivity contribution in [2.24, 2.45) is 0 Å². The van der Waals surface area contributed by atoms with Gasteiger partial charge in [0.05, 0.1) is 17.6 Å². The first-order valence-electron chi connectivity index (χ1n) is 16.5. The molecule has 10 nitrogen and oxygen atoms in total. The van der Waals surface area contributed by atoms with Gasteiger partial charge in [-0.1, -0.05) is 12.1 Å². The zero-order valence-corrected chi connectivity index (χ0v) is 28.9. The average molecular weight is 731 g/mol. The number of carbonyl (C=O) groups excluding carboxylic acids is 2. The molecule has 3 heterocycles. The lowest BCUT2D eigenvalue weighted by atomic mass is 10.0. The van der Waals surface area contributed by atoms with Crippen molar-refractivity contribution < 1.29 is 44.7 Å². The number of sulfone groups is 1. The molecule has 15 heteroatoms.